The van der Waals surface area contributed by atoms with Crippen LogP contribution in [0.25, 0.3) is 11.5 Å². The van der Waals surface area contributed by atoms with Crippen LogP contribution in [0.3, 0.4) is 0 Å². The Kier molecular flexibility index (Phi) is 6.34. The molecule has 0 saturated heterocycles. The van der Waals surface area contributed by atoms with Gasteiger partial charge < -0.3 is 24.7 Å². The number of hydrogen-bond acceptors (Lipinski definition) is 8. The van der Waals surface area contributed by atoms with E-state index in [4.69, 9.17) is 20.2 Å². The van der Waals surface area contributed by atoms with Crippen molar-refractivity contribution in [2.24, 2.45) is 0 Å². The topological polar surface area (TPSA) is 91.3 Å². The van der Waals surface area contributed by atoms with E-state index in [-0.39, 0.29) is 0 Å². The number of anilines is 2. The third-order valence-corrected chi connectivity index (χ3v) is 6.91. The SMILES string of the molecule is CN(C)c1ccc(CCn2cnc(N)c3nc(SC4=COC(c5ccccc5Br)O4)nc2-3)cc1. The number of ether oxygens (including phenoxy) is 2. The largest absolute Gasteiger partial charge is 0.454 e. The normalized spacial score (nSPS) is 15.1. The molecular formula is C24H23BrN6O2S. The minimum atomic E-state index is -0.516. The Balaban J connectivity index is 1.29. The molecule has 174 valence electrons. The summed E-state index contributed by atoms with van der Waals surface area (Å²) in [7, 11) is 4.07. The maximum Gasteiger partial charge on any atom is 0.268 e. The first-order valence-corrected chi connectivity index (χ1v) is 12.3. The smallest absolute Gasteiger partial charge is 0.268 e. The fourth-order valence-corrected chi connectivity index (χ4v) is 4.73. The molecule has 5 rings (SSSR count). The van der Waals surface area contributed by atoms with Gasteiger partial charge in [0.25, 0.3) is 6.29 Å². The van der Waals surface area contributed by atoms with Gasteiger partial charge in [-0.2, -0.15) is 0 Å². The van der Waals surface area contributed by atoms with Crippen molar-refractivity contribution >= 4 is 39.2 Å². The van der Waals surface area contributed by atoms with Crippen LogP contribution in [0.15, 0.2) is 75.8 Å². The summed E-state index contributed by atoms with van der Waals surface area (Å²) in [6.07, 6.45) is 3.62. The van der Waals surface area contributed by atoms with E-state index in [1.165, 1.54) is 23.0 Å². The molecule has 0 saturated carbocycles. The summed E-state index contributed by atoms with van der Waals surface area (Å²) < 4.78 is 14.6. The molecule has 1 unspecified atom stereocenters. The van der Waals surface area contributed by atoms with E-state index in [2.05, 4.69) is 55.1 Å². The summed E-state index contributed by atoms with van der Waals surface area (Å²) in [5.41, 5.74) is 9.99. The van der Waals surface area contributed by atoms with Gasteiger partial charge in [0.2, 0.25) is 5.09 Å². The zero-order valence-corrected chi connectivity index (χ0v) is 21.1. The van der Waals surface area contributed by atoms with Crippen molar-refractivity contribution < 1.29 is 9.47 Å². The number of benzene rings is 2. The van der Waals surface area contributed by atoms with Crippen LogP contribution in [0.1, 0.15) is 17.4 Å². The summed E-state index contributed by atoms with van der Waals surface area (Å²) in [6.45, 7) is 0.709. The molecule has 34 heavy (non-hydrogen) atoms. The van der Waals surface area contributed by atoms with Crippen molar-refractivity contribution in [2.45, 2.75) is 24.4 Å². The molecule has 3 aliphatic rings. The number of nitrogens with two attached hydrogens (primary N) is 1. The van der Waals surface area contributed by atoms with Crippen molar-refractivity contribution in [1.29, 1.82) is 0 Å². The number of hydrogen-bond donors (Lipinski definition) is 1. The van der Waals surface area contributed by atoms with Gasteiger partial charge in [-0.1, -0.05) is 46.3 Å². The van der Waals surface area contributed by atoms with E-state index in [1.807, 2.05) is 42.9 Å². The zero-order chi connectivity index (χ0) is 23.7. The minimum Gasteiger partial charge on any atom is -0.454 e. The molecule has 2 aromatic rings. The fourth-order valence-electron chi connectivity index (χ4n) is 3.57. The first-order valence-electron chi connectivity index (χ1n) is 10.7. The molecule has 0 aromatic heterocycles. The summed E-state index contributed by atoms with van der Waals surface area (Å²) in [6, 6.07) is 16.3. The van der Waals surface area contributed by atoms with E-state index in [0.29, 0.717) is 34.1 Å². The Hall–Kier alpha value is -3.24. The predicted octanol–water partition coefficient (Wildman–Crippen LogP) is 5.07. The first kappa shape index (κ1) is 22.5. The molecule has 1 atom stereocenters. The number of rotatable bonds is 7. The highest BCUT2D eigenvalue weighted by atomic mass is 79.9. The van der Waals surface area contributed by atoms with E-state index in [0.717, 1.165) is 16.5 Å². The van der Waals surface area contributed by atoms with Crippen LogP contribution in [0, 0.1) is 0 Å². The number of nitrogens with zero attached hydrogens (tertiary/aromatic N) is 5. The molecule has 0 aliphatic carbocycles. The molecule has 0 amide bonds. The first-order chi connectivity index (χ1) is 16.5. The molecule has 0 fully saturated rings. The third kappa shape index (κ3) is 4.69. The Morgan fingerprint density at radius 2 is 1.91 bits per heavy atom. The molecular weight excluding hydrogens is 516 g/mol. The molecule has 0 radical (unpaired) electrons. The van der Waals surface area contributed by atoms with E-state index < -0.39 is 6.29 Å². The van der Waals surface area contributed by atoms with Crippen molar-refractivity contribution in [3.05, 3.63) is 81.8 Å². The van der Waals surface area contributed by atoms with Gasteiger partial charge in [-0.25, -0.2) is 15.0 Å². The molecule has 10 heteroatoms. The van der Waals surface area contributed by atoms with Crippen molar-refractivity contribution in [2.75, 3.05) is 24.7 Å². The van der Waals surface area contributed by atoms with Crippen LogP contribution in [-0.4, -0.2) is 33.6 Å². The average molecular weight is 539 g/mol. The lowest BCUT2D eigenvalue weighted by atomic mass is 10.1. The van der Waals surface area contributed by atoms with Crippen LogP contribution in [0.4, 0.5) is 11.5 Å². The van der Waals surface area contributed by atoms with Gasteiger partial charge in [-0.15, -0.1) is 0 Å². The number of thioether (sulfide) groups is 1. The Morgan fingerprint density at radius 1 is 1.12 bits per heavy atom. The van der Waals surface area contributed by atoms with E-state index in [9.17, 15) is 0 Å². The molecule has 0 spiro atoms. The summed E-state index contributed by atoms with van der Waals surface area (Å²) in [4.78, 5) is 15.7. The van der Waals surface area contributed by atoms with Gasteiger partial charge in [0.05, 0.1) is 6.33 Å². The Bertz CT molecular complexity index is 1310. The quantitative estimate of drug-likeness (QED) is 0.348. The molecule has 0 bridgehead atoms. The Labute approximate surface area is 210 Å². The molecule has 2 aromatic carbocycles. The van der Waals surface area contributed by atoms with Crippen molar-refractivity contribution in [3.8, 4) is 11.5 Å². The van der Waals surface area contributed by atoms with Crippen molar-refractivity contribution in [1.82, 2.24) is 19.5 Å². The highest BCUT2D eigenvalue weighted by Crippen LogP contribution is 2.40. The second-order valence-electron chi connectivity index (χ2n) is 7.96. The monoisotopic (exact) mass is 538 g/mol. The molecule has 3 aliphatic heterocycles. The standard InChI is InChI=1S/C24H23BrN6O2S/c1-30(2)16-9-7-15(8-10-16)11-12-31-14-27-21(26)20-22(31)29-24(28-20)34-19-13-32-23(33-19)17-5-3-4-6-18(17)25/h3-10,13-14,23H,11-12,26H2,1-2H3. The van der Waals surface area contributed by atoms with Crippen LogP contribution in [0.5, 0.6) is 0 Å². The van der Waals surface area contributed by atoms with Gasteiger partial charge in [-0.3, -0.25) is 0 Å². The third-order valence-electron chi connectivity index (χ3n) is 5.43. The van der Waals surface area contributed by atoms with Gasteiger partial charge in [-0.05, 0) is 41.9 Å². The van der Waals surface area contributed by atoms with E-state index in [1.54, 1.807) is 12.6 Å². The summed E-state index contributed by atoms with van der Waals surface area (Å²) in [5, 5.41) is 1.11. The lowest BCUT2D eigenvalue weighted by Crippen LogP contribution is -2.10. The number of aryl methyl sites for hydroxylation is 2. The summed E-state index contributed by atoms with van der Waals surface area (Å²) >= 11 is 4.83. The minimum absolute atomic E-state index is 0.351. The van der Waals surface area contributed by atoms with Crippen LogP contribution < -0.4 is 10.6 Å². The van der Waals surface area contributed by atoms with Crippen LogP contribution in [-0.2, 0) is 22.4 Å². The molecule has 3 heterocycles. The maximum atomic E-state index is 6.10. The van der Waals surface area contributed by atoms with Crippen molar-refractivity contribution in [3.63, 3.8) is 0 Å². The predicted molar refractivity (Wildman–Crippen MR) is 136 cm³/mol. The number of fused-ring (bicyclic) bond motifs is 1. The van der Waals surface area contributed by atoms with Gasteiger partial charge in [0, 0.05) is 36.4 Å². The molecule has 2 N–H and O–H groups in total. The van der Waals surface area contributed by atoms with Gasteiger partial charge >= 0.3 is 0 Å². The zero-order valence-electron chi connectivity index (χ0n) is 18.7. The lowest BCUT2D eigenvalue weighted by molar-refractivity contribution is -0.0278. The number of aromatic nitrogens is 4. The summed E-state index contributed by atoms with van der Waals surface area (Å²) in [5.74, 6) is 1.05. The maximum absolute atomic E-state index is 6.10. The second-order valence-corrected chi connectivity index (χ2v) is 9.78. The van der Waals surface area contributed by atoms with Crippen LogP contribution in [0.2, 0.25) is 0 Å². The van der Waals surface area contributed by atoms with Gasteiger partial charge in [0.1, 0.15) is 6.26 Å². The number of imidazole rings is 1. The number of nitrogen functional groups attached to an aromatic ring is 1. The Morgan fingerprint density at radius 3 is 2.68 bits per heavy atom. The van der Waals surface area contributed by atoms with Crippen LogP contribution >= 0.6 is 27.7 Å². The highest BCUT2D eigenvalue weighted by molar-refractivity contribution is 9.10. The van der Waals surface area contributed by atoms with Gasteiger partial charge in [0.15, 0.2) is 22.5 Å². The lowest BCUT2D eigenvalue weighted by Gasteiger charge is -2.14. The number of halogens is 1. The van der Waals surface area contributed by atoms with E-state index >= 15 is 0 Å². The second kappa shape index (κ2) is 9.55. The molecule has 8 nitrogen and oxygen atoms in total. The average Bonchev–Trinajstić information content (AvgIpc) is 3.47. The highest BCUT2D eigenvalue weighted by Gasteiger charge is 2.26. The fraction of sp³-hybridized carbons (Fsp3) is 0.208.